The standard InChI is InChI=1S/C10H18N2OS/c1-3-10(13)9-7-11-12(8-9)5-4-6-14-2/h7-8,10,13H,3-6H2,1-2H3. The number of hydrogen-bond acceptors (Lipinski definition) is 3. The van der Waals surface area contributed by atoms with Crippen LogP contribution in [0.5, 0.6) is 0 Å². The van der Waals surface area contributed by atoms with Gasteiger partial charge in [-0.2, -0.15) is 16.9 Å². The molecule has 0 aromatic carbocycles. The number of aryl methyl sites for hydroxylation is 1. The molecular formula is C10H18N2OS. The second-order valence-electron chi connectivity index (χ2n) is 3.31. The summed E-state index contributed by atoms with van der Waals surface area (Å²) in [5.41, 5.74) is 0.927. The van der Waals surface area contributed by atoms with Crippen molar-refractivity contribution in [3.63, 3.8) is 0 Å². The van der Waals surface area contributed by atoms with Gasteiger partial charge in [-0.3, -0.25) is 4.68 Å². The number of hydrogen-bond donors (Lipinski definition) is 1. The molecule has 1 atom stereocenters. The van der Waals surface area contributed by atoms with Gasteiger partial charge in [0.2, 0.25) is 0 Å². The first-order chi connectivity index (χ1) is 6.77. The molecule has 0 bridgehead atoms. The SMILES string of the molecule is CCC(O)c1cnn(CCCSC)c1. The maximum atomic E-state index is 9.56. The molecule has 0 saturated carbocycles. The van der Waals surface area contributed by atoms with Crippen LogP contribution >= 0.6 is 11.8 Å². The Morgan fingerprint density at radius 1 is 1.64 bits per heavy atom. The zero-order chi connectivity index (χ0) is 10.4. The molecule has 3 nitrogen and oxygen atoms in total. The fraction of sp³-hybridized carbons (Fsp3) is 0.700. The van der Waals surface area contributed by atoms with Crippen LogP contribution in [0.25, 0.3) is 0 Å². The highest BCUT2D eigenvalue weighted by molar-refractivity contribution is 7.98. The van der Waals surface area contributed by atoms with Crippen molar-refractivity contribution in [3.8, 4) is 0 Å². The van der Waals surface area contributed by atoms with E-state index in [0.717, 1.165) is 30.7 Å². The van der Waals surface area contributed by atoms with Crippen LogP contribution in [0.3, 0.4) is 0 Å². The van der Waals surface area contributed by atoms with Gasteiger partial charge in [-0.05, 0) is 24.9 Å². The zero-order valence-corrected chi connectivity index (χ0v) is 9.63. The predicted molar refractivity (Wildman–Crippen MR) is 60.5 cm³/mol. The topological polar surface area (TPSA) is 38.1 Å². The molecule has 0 aliphatic carbocycles. The molecule has 1 aromatic rings. The second kappa shape index (κ2) is 6.09. The number of aliphatic hydroxyl groups excluding tert-OH is 1. The van der Waals surface area contributed by atoms with Gasteiger partial charge in [-0.25, -0.2) is 0 Å². The minimum absolute atomic E-state index is 0.357. The molecule has 1 heterocycles. The Morgan fingerprint density at radius 3 is 3.07 bits per heavy atom. The van der Waals surface area contributed by atoms with E-state index in [1.54, 1.807) is 6.20 Å². The van der Waals surface area contributed by atoms with Crippen molar-refractivity contribution in [2.45, 2.75) is 32.4 Å². The fourth-order valence-corrected chi connectivity index (χ4v) is 1.70. The molecule has 0 radical (unpaired) electrons. The van der Waals surface area contributed by atoms with E-state index in [1.807, 2.05) is 29.6 Å². The van der Waals surface area contributed by atoms with Crippen molar-refractivity contribution in [1.82, 2.24) is 9.78 Å². The first-order valence-electron chi connectivity index (χ1n) is 4.97. The third kappa shape index (κ3) is 3.35. The summed E-state index contributed by atoms with van der Waals surface area (Å²) >= 11 is 1.85. The lowest BCUT2D eigenvalue weighted by molar-refractivity contribution is 0.173. The van der Waals surface area contributed by atoms with Gasteiger partial charge in [0.1, 0.15) is 0 Å². The van der Waals surface area contributed by atoms with Crippen LogP contribution in [-0.2, 0) is 6.54 Å². The van der Waals surface area contributed by atoms with Crippen molar-refractivity contribution in [1.29, 1.82) is 0 Å². The molecule has 4 heteroatoms. The van der Waals surface area contributed by atoms with E-state index in [2.05, 4.69) is 11.4 Å². The van der Waals surface area contributed by atoms with Crippen LogP contribution in [0.15, 0.2) is 12.4 Å². The largest absolute Gasteiger partial charge is 0.388 e. The highest BCUT2D eigenvalue weighted by atomic mass is 32.2. The van der Waals surface area contributed by atoms with Crippen molar-refractivity contribution < 1.29 is 5.11 Å². The Kier molecular flexibility index (Phi) is 5.04. The molecule has 0 aliphatic heterocycles. The minimum Gasteiger partial charge on any atom is -0.388 e. The minimum atomic E-state index is -0.357. The summed E-state index contributed by atoms with van der Waals surface area (Å²) in [4.78, 5) is 0. The van der Waals surface area contributed by atoms with Crippen LogP contribution in [0, 0.1) is 0 Å². The Balaban J connectivity index is 2.42. The van der Waals surface area contributed by atoms with Gasteiger partial charge < -0.3 is 5.11 Å². The molecule has 0 amide bonds. The van der Waals surface area contributed by atoms with Crippen LogP contribution in [0.1, 0.15) is 31.4 Å². The second-order valence-corrected chi connectivity index (χ2v) is 4.29. The normalized spacial score (nSPS) is 13.1. The molecule has 1 unspecified atom stereocenters. The van der Waals surface area contributed by atoms with E-state index in [4.69, 9.17) is 0 Å². The van der Waals surface area contributed by atoms with E-state index in [9.17, 15) is 5.11 Å². The van der Waals surface area contributed by atoms with E-state index in [1.165, 1.54) is 0 Å². The van der Waals surface area contributed by atoms with Crippen LogP contribution < -0.4 is 0 Å². The summed E-state index contributed by atoms with van der Waals surface area (Å²) in [5, 5.41) is 13.8. The first kappa shape index (κ1) is 11.6. The highest BCUT2D eigenvalue weighted by Gasteiger charge is 2.06. The summed E-state index contributed by atoms with van der Waals surface area (Å²) in [7, 11) is 0. The number of thioether (sulfide) groups is 1. The van der Waals surface area contributed by atoms with Crippen molar-refractivity contribution >= 4 is 11.8 Å². The lowest BCUT2D eigenvalue weighted by Gasteiger charge is -2.02. The van der Waals surface area contributed by atoms with E-state index in [0.29, 0.717) is 0 Å². The molecule has 1 rings (SSSR count). The van der Waals surface area contributed by atoms with Crippen molar-refractivity contribution in [3.05, 3.63) is 18.0 Å². The molecule has 0 fully saturated rings. The Hall–Kier alpha value is -0.480. The van der Waals surface area contributed by atoms with E-state index >= 15 is 0 Å². The van der Waals surface area contributed by atoms with Crippen LogP contribution in [0.4, 0.5) is 0 Å². The molecule has 1 N–H and O–H groups in total. The lowest BCUT2D eigenvalue weighted by Crippen LogP contribution is -1.99. The summed E-state index contributed by atoms with van der Waals surface area (Å²) in [6.07, 6.45) is 7.32. The van der Waals surface area contributed by atoms with Gasteiger partial charge in [0, 0.05) is 18.3 Å². The zero-order valence-electron chi connectivity index (χ0n) is 8.81. The predicted octanol–water partition coefficient (Wildman–Crippen LogP) is 2.08. The van der Waals surface area contributed by atoms with Crippen LogP contribution in [-0.4, -0.2) is 26.9 Å². The summed E-state index contributed by atoms with van der Waals surface area (Å²) < 4.78 is 1.91. The smallest absolute Gasteiger partial charge is 0.0817 e. The average molecular weight is 214 g/mol. The first-order valence-corrected chi connectivity index (χ1v) is 6.36. The van der Waals surface area contributed by atoms with E-state index in [-0.39, 0.29) is 6.10 Å². The number of aromatic nitrogens is 2. The van der Waals surface area contributed by atoms with Gasteiger partial charge in [-0.1, -0.05) is 6.92 Å². The van der Waals surface area contributed by atoms with Gasteiger partial charge in [-0.15, -0.1) is 0 Å². The van der Waals surface area contributed by atoms with Gasteiger partial charge in [0.05, 0.1) is 12.3 Å². The van der Waals surface area contributed by atoms with Crippen LogP contribution in [0.2, 0.25) is 0 Å². The average Bonchev–Trinajstić information content (AvgIpc) is 2.66. The Bertz CT molecular complexity index is 262. The molecule has 80 valence electrons. The molecule has 1 aromatic heterocycles. The third-order valence-electron chi connectivity index (χ3n) is 2.16. The third-order valence-corrected chi connectivity index (χ3v) is 2.86. The van der Waals surface area contributed by atoms with E-state index < -0.39 is 0 Å². The monoisotopic (exact) mass is 214 g/mol. The fourth-order valence-electron chi connectivity index (χ4n) is 1.28. The number of nitrogens with zero attached hydrogens (tertiary/aromatic N) is 2. The molecular weight excluding hydrogens is 196 g/mol. The molecule has 0 saturated heterocycles. The molecule has 0 spiro atoms. The number of rotatable bonds is 6. The molecule has 14 heavy (non-hydrogen) atoms. The lowest BCUT2D eigenvalue weighted by atomic mass is 10.2. The highest BCUT2D eigenvalue weighted by Crippen LogP contribution is 2.14. The summed E-state index contributed by atoms with van der Waals surface area (Å²) in [6, 6.07) is 0. The molecule has 0 aliphatic rings. The van der Waals surface area contributed by atoms with Crippen molar-refractivity contribution in [2.75, 3.05) is 12.0 Å². The van der Waals surface area contributed by atoms with Gasteiger partial charge >= 0.3 is 0 Å². The van der Waals surface area contributed by atoms with Gasteiger partial charge in [0.15, 0.2) is 0 Å². The van der Waals surface area contributed by atoms with Crippen molar-refractivity contribution in [2.24, 2.45) is 0 Å². The maximum Gasteiger partial charge on any atom is 0.0817 e. The number of aliphatic hydroxyl groups is 1. The Morgan fingerprint density at radius 2 is 2.43 bits per heavy atom. The summed E-state index contributed by atoms with van der Waals surface area (Å²) in [5.74, 6) is 1.16. The Labute approximate surface area is 89.5 Å². The summed E-state index contributed by atoms with van der Waals surface area (Å²) in [6.45, 7) is 2.91. The quantitative estimate of drug-likeness (QED) is 0.737. The van der Waals surface area contributed by atoms with Gasteiger partial charge in [0.25, 0.3) is 0 Å². The maximum absolute atomic E-state index is 9.56.